The highest BCUT2D eigenvalue weighted by atomic mass is 16.5. The fourth-order valence-electron chi connectivity index (χ4n) is 4.61. The lowest BCUT2D eigenvalue weighted by Gasteiger charge is -2.36. The second kappa shape index (κ2) is 10.5. The first-order chi connectivity index (χ1) is 15.5. The minimum atomic E-state index is -0.0944. The van der Waals surface area contributed by atoms with Crippen molar-refractivity contribution in [3.8, 4) is 0 Å². The van der Waals surface area contributed by atoms with Gasteiger partial charge in [-0.3, -0.25) is 9.69 Å². The topological polar surface area (TPSA) is 57.7 Å². The average Bonchev–Trinajstić information content (AvgIpc) is 2.98. The number of aromatic nitrogens is 1. The van der Waals surface area contributed by atoms with E-state index in [2.05, 4.69) is 33.4 Å². The Labute approximate surface area is 192 Å². The van der Waals surface area contributed by atoms with Crippen molar-refractivity contribution < 1.29 is 9.53 Å². The zero-order valence-corrected chi connectivity index (χ0v) is 19.6. The van der Waals surface area contributed by atoms with Crippen molar-refractivity contribution in [3.63, 3.8) is 0 Å². The van der Waals surface area contributed by atoms with Gasteiger partial charge in [0.15, 0.2) is 0 Å². The van der Waals surface area contributed by atoms with Gasteiger partial charge in [0.2, 0.25) is 0 Å². The smallest absolute Gasteiger partial charge is 0.253 e. The molecule has 6 nitrogen and oxygen atoms in total. The van der Waals surface area contributed by atoms with Crippen LogP contribution < -0.4 is 10.2 Å². The SMILES string of the molecule is COC(C)CN(C)c1ccc(C(=O)NCc2ccc3c(c2)CCN(C2CCC2)CC3)cn1. The van der Waals surface area contributed by atoms with Crippen molar-refractivity contribution in [3.05, 3.63) is 58.8 Å². The maximum atomic E-state index is 12.6. The Morgan fingerprint density at radius 1 is 1.22 bits per heavy atom. The van der Waals surface area contributed by atoms with Gasteiger partial charge < -0.3 is 15.0 Å². The fraction of sp³-hybridized carbons (Fsp3) is 0.538. The van der Waals surface area contributed by atoms with E-state index in [9.17, 15) is 4.79 Å². The third-order valence-electron chi connectivity index (χ3n) is 6.99. The lowest BCUT2D eigenvalue weighted by Crippen LogP contribution is -2.41. The number of amides is 1. The number of carbonyl (C=O) groups is 1. The summed E-state index contributed by atoms with van der Waals surface area (Å²) in [4.78, 5) is 21.8. The van der Waals surface area contributed by atoms with E-state index >= 15 is 0 Å². The van der Waals surface area contributed by atoms with Gasteiger partial charge in [0, 0.05) is 52.6 Å². The van der Waals surface area contributed by atoms with E-state index < -0.39 is 0 Å². The molecule has 0 bridgehead atoms. The number of nitrogens with one attached hydrogen (secondary N) is 1. The molecular weight excluding hydrogens is 400 g/mol. The van der Waals surface area contributed by atoms with Crippen LogP contribution in [0.1, 0.15) is 53.2 Å². The van der Waals surface area contributed by atoms with Crippen molar-refractivity contribution in [2.24, 2.45) is 0 Å². The van der Waals surface area contributed by atoms with E-state index in [-0.39, 0.29) is 12.0 Å². The number of rotatable bonds is 8. The second-order valence-electron chi connectivity index (χ2n) is 9.24. The number of hydrogen-bond donors (Lipinski definition) is 1. The molecule has 0 spiro atoms. The molecule has 1 fully saturated rings. The largest absolute Gasteiger partial charge is 0.380 e. The molecule has 1 aromatic carbocycles. The second-order valence-corrected chi connectivity index (χ2v) is 9.24. The van der Waals surface area contributed by atoms with Crippen LogP contribution in [-0.2, 0) is 24.1 Å². The lowest BCUT2D eigenvalue weighted by molar-refractivity contribution is 0.0950. The summed E-state index contributed by atoms with van der Waals surface area (Å²) in [5.41, 5.74) is 4.64. The van der Waals surface area contributed by atoms with Crippen LogP contribution in [0, 0.1) is 0 Å². The summed E-state index contributed by atoms with van der Waals surface area (Å²) in [5.74, 6) is 0.732. The standard InChI is InChI=1S/C26H36N4O2/c1-19(32-3)18-29(2)25-10-9-23(17-27-25)26(31)28-16-20-7-8-21-11-13-30(24-5-4-6-24)14-12-22(21)15-20/h7-10,15,17,19,24H,4-6,11-14,16,18H2,1-3H3,(H,28,31). The van der Waals surface area contributed by atoms with E-state index in [1.54, 1.807) is 13.3 Å². The van der Waals surface area contributed by atoms with Gasteiger partial charge in [-0.2, -0.15) is 0 Å². The molecule has 2 aromatic rings. The molecule has 1 amide bonds. The molecule has 1 N–H and O–H groups in total. The van der Waals surface area contributed by atoms with Gasteiger partial charge >= 0.3 is 0 Å². The number of carbonyl (C=O) groups excluding carboxylic acids is 1. The Kier molecular flexibility index (Phi) is 7.43. The Morgan fingerprint density at radius 2 is 2.00 bits per heavy atom. The monoisotopic (exact) mass is 436 g/mol. The van der Waals surface area contributed by atoms with Gasteiger partial charge in [-0.25, -0.2) is 4.98 Å². The van der Waals surface area contributed by atoms with Crippen molar-refractivity contribution in [2.75, 3.05) is 38.7 Å². The fourth-order valence-corrected chi connectivity index (χ4v) is 4.61. The van der Waals surface area contributed by atoms with Crippen LogP contribution in [0.4, 0.5) is 5.82 Å². The number of ether oxygens (including phenoxy) is 1. The van der Waals surface area contributed by atoms with E-state index in [0.717, 1.165) is 43.4 Å². The Balaban J connectivity index is 1.31. The van der Waals surface area contributed by atoms with Gasteiger partial charge in [0.25, 0.3) is 5.91 Å². The van der Waals surface area contributed by atoms with Crippen LogP contribution in [0.25, 0.3) is 0 Å². The number of pyridine rings is 1. The minimum absolute atomic E-state index is 0.0944. The normalized spacial score (nSPS) is 17.7. The Bertz CT molecular complexity index is 911. The number of nitrogens with zero attached hydrogens (tertiary/aromatic N) is 3. The van der Waals surface area contributed by atoms with Crippen molar-refractivity contribution in [1.82, 2.24) is 15.2 Å². The summed E-state index contributed by atoms with van der Waals surface area (Å²) in [7, 11) is 3.68. The molecule has 1 unspecified atom stereocenters. The third-order valence-corrected chi connectivity index (χ3v) is 6.99. The van der Waals surface area contributed by atoms with E-state index in [0.29, 0.717) is 12.1 Å². The minimum Gasteiger partial charge on any atom is -0.380 e. The molecule has 1 saturated carbocycles. The number of fused-ring (bicyclic) bond motifs is 1. The predicted molar refractivity (Wildman–Crippen MR) is 128 cm³/mol. The van der Waals surface area contributed by atoms with Gasteiger partial charge in [-0.15, -0.1) is 0 Å². The number of benzene rings is 1. The molecule has 1 aromatic heterocycles. The van der Waals surface area contributed by atoms with E-state index in [4.69, 9.17) is 4.74 Å². The summed E-state index contributed by atoms with van der Waals surface area (Å²) in [6.45, 7) is 5.63. The van der Waals surface area contributed by atoms with Crippen LogP contribution >= 0.6 is 0 Å². The highest BCUT2D eigenvalue weighted by Gasteiger charge is 2.26. The summed E-state index contributed by atoms with van der Waals surface area (Å²) in [6.07, 6.45) is 8.12. The van der Waals surface area contributed by atoms with Gasteiger partial charge in [-0.1, -0.05) is 24.6 Å². The Morgan fingerprint density at radius 3 is 2.66 bits per heavy atom. The van der Waals surface area contributed by atoms with Gasteiger partial charge in [0.1, 0.15) is 5.82 Å². The highest BCUT2D eigenvalue weighted by molar-refractivity contribution is 5.94. The molecule has 2 heterocycles. The summed E-state index contributed by atoms with van der Waals surface area (Å²) >= 11 is 0. The predicted octanol–water partition coefficient (Wildman–Crippen LogP) is 3.44. The van der Waals surface area contributed by atoms with E-state index in [1.807, 2.05) is 31.0 Å². The molecule has 4 rings (SSSR count). The molecule has 1 aliphatic carbocycles. The summed E-state index contributed by atoms with van der Waals surface area (Å²) < 4.78 is 5.31. The maximum absolute atomic E-state index is 12.6. The first kappa shape index (κ1) is 22.7. The molecular formula is C26H36N4O2. The van der Waals surface area contributed by atoms with Crippen LogP contribution in [0.2, 0.25) is 0 Å². The molecule has 0 saturated heterocycles. The van der Waals surface area contributed by atoms with E-state index in [1.165, 1.54) is 36.9 Å². The Hall–Kier alpha value is -2.44. The number of methoxy groups -OCH3 is 1. The number of hydrogen-bond acceptors (Lipinski definition) is 5. The van der Waals surface area contributed by atoms with Crippen molar-refractivity contribution in [1.29, 1.82) is 0 Å². The lowest BCUT2D eigenvalue weighted by atomic mass is 9.91. The van der Waals surface area contributed by atoms with Crippen molar-refractivity contribution >= 4 is 11.7 Å². The summed E-state index contributed by atoms with van der Waals surface area (Å²) in [5, 5.41) is 3.05. The highest BCUT2D eigenvalue weighted by Crippen LogP contribution is 2.27. The van der Waals surface area contributed by atoms with Crippen LogP contribution in [-0.4, -0.2) is 61.7 Å². The average molecular weight is 437 g/mol. The first-order valence-electron chi connectivity index (χ1n) is 11.9. The molecule has 1 aliphatic heterocycles. The van der Waals surface area contributed by atoms with Gasteiger partial charge in [-0.05, 0) is 61.4 Å². The molecule has 172 valence electrons. The van der Waals surface area contributed by atoms with Crippen LogP contribution in [0.15, 0.2) is 36.5 Å². The first-order valence-corrected chi connectivity index (χ1v) is 11.9. The third kappa shape index (κ3) is 5.48. The molecule has 6 heteroatoms. The van der Waals surface area contributed by atoms with Gasteiger partial charge in [0.05, 0.1) is 11.7 Å². The molecule has 1 atom stereocenters. The molecule has 0 radical (unpaired) electrons. The maximum Gasteiger partial charge on any atom is 0.253 e. The number of likely N-dealkylation sites (N-methyl/N-ethyl adjacent to an activating group) is 1. The molecule has 32 heavy (non-hydrogen) atoms. The number of anilines is 1. The van der Waals surface area contributed by atoms with Crippen LogP contribution in [0.5, 0.6) is 0 Å². The quantitative estimate of drug-likeness (QED) is 0.687. The molecule has 2 aliphatic rings. The van der Waals surface area contributed by atoms with Crippen molar-refractivity contribution in [2.45, 2.75) is 57.7 Å². The summed E-state index contributed by atoms with van der Waals surface area (Å²) in [6, 6.07) is 11.2. The zero-order chi connectivity index (χ0) is 22.5. The van der Waals surface area contributed by atoms with Crippen LogP contribution in [0.3, 0.4) is 0 Å². The zero-order valence-electron chi connectivity index (χ0n) is 19.6.